The maximum atomic E-state index is 5.96. The Morgan fingerprint density at radius 2 is 1.67 bits per heavy atom. The number of hydrogen-bond donors (Lipinski definition) is 2. The second-order valence-electron chi connectivity index (χ2n) is 7.33. The van der Waals surface area contributed by atoms with Gasteiger partial charge in [-0.1, -0.05) is 32.1 Å². The average molecular weight is 339 g/mol. The maximum Gasteiger partial charge on any atom is 0.191 e. The third-order valence-electron chi connectivity index (χ3n) is 5.45. The lowest BCUT2D eigenvalue weighted by molar-refractivity contribution is 0.0277. The van der Waals surface area contributed by atoms with Gasteiger partial charge in [-0.2, -0.15) is 0 Å². The van der Waals surface area contributed by atoms with Crippen molar-refractivity contribution in [3.63, 3.8) is 0 Å². The van der Waals surface area contributed by atoms with Crippen molar-refractivity contribution >= 4 is 5.96 Å². The molecule has 0 aromatic heterocycles. The molecule has 0 saturated heterocycles. The van der Waals surface area contributed by atoms with Gasteiger partial charge in [0.1, 0.15) is 0 Å². The van der Waals surface area contributed by atoms with E-state index in [-0.39, 0.29) is 0 Å². The Hall–Kier alpha value is -0.810. The van der Waals surface area contributed by atoms with Crippen LogP contribution in [-0.4, -0.2) is 63.3 Å². The summed E-state index contributed by atoms with van der Waals surface area (Å²) in [5, 5.41) is 6.81. The van der Waals surface area contributed by atoms with Crippen molar-refractivity contribution in [3.05, 3.63) is 0 Å². The molecular formula is C19H38N4O. The van der Waals surface area contributed by atoms with Crippen LogP contribution in [0.15, 0.2) is 4.99 Å². The number of nitrogens with one attached hydrogen (secondary N) is 2. The zero-order chi connectivity index (χ0) is 17.0. The summed E-state index contributed by atoms with van der Waals surface area (Å²) >= 11 is 0. The molecule has 2 fully saturated rings. The fourth-order valence-corrected chi connectivity index (χ4v) is 3.86. The third-order valence-corrected chi connectivity index (χ3v) is 5.45. The minimum Gasteiger partial charge on any atom is -0.378 e. The lowest BCUT2D eigenvalue weighted by Gasteiger charge is -2.24. The van der Waals surface area contributed by atoms with Crippen LogP contribution in [0.3, 0.4) is 0 Å². The third kappa shape index (κ3) is 7.39. The molecule has 2 saturated carbocycles. The van der Waals surface area contributed by atoms with Gasteiger partial charge in [0.25, 0.3) is 0 Å². The Bertz CT molecular complexity index is 349. The van der Waals surface area contributed by atoms with Gasteiger partial charge in [0, 0.05) is 39.3 Å². The number of hydrogen-bond acceptors (Lipinski definition) is 3. The minimum absolute atomic E-state index is 0.516. The molecule has 2 N–H and O–H groups in total. The quantitative estimate of drug-likeness (QED) is 0.386. The van der Waals surface area contributed by atoms with Crippen LogP contribution in [0.5, 0.6) is 0 Å². The van der Waals surface area contributed by atoms with Crippen molar-refractivity contribution in [2.75, 3.05) is 40.3 Å². The predicted octanol–water partition coefficient (Wildman–Crippen LogP) is 2.77. The van der Waals surface area contributed by atoms with E-state index in [0.717, 1.165) is 44.7 Å². The number of nitrogens with zero attached hydrogens (tertiary/aromatic N) is 2. The molecular weight excluding hydrogens is 300 g/mol. The minimum atomic E-state index is 0.516. The summed E-state index contributed by atoms with van der Waals surface area (Å²) in [4.78, 5) is 6.80. The Morgan fingerprint density at radius 3 is 2.38 bits per heavy atom. The van der Waals surface area contributed by atoms with E-state index in [1.54, 1.807) is 0 Å². The van der Waals surface area contributed by atoms with Gasteiger partial charge >= 0.3 is 0 Å². The van der Waals surface area contributed by atoms with E-state index in [0.29, 0.717) is 6.10 Å². The summed E-state index contributed by atoms with van der Waals surface area (Å²) in [6.07, 6.45) is 13.7. The van der Waals surface area contributed by atoms with Crippen LogP contribution in [0, 0.1) is 0 Å². The lowest BCUT2D eigenvalue weighted by Crippen LogP contribution is -2.43. The first-order chi connectivity index (χ1) is 11.8. The summed E-state index contributed by atoms with van der Waals surface area (Å²) in [6.45, 7) is 3.81. The standard InChI is InChI=1S/C19H38N4O/c1-20-19(22-14-15-23(2)17-9-6-7-10-17)21-13-8-16-24-18-11-4-3-5-12-18/h17-18H,3-16H2,1-2H3,(H2,20,21,22). The molecule has 0 heterocycles. The van der Waals surface area contributed by atoms with Crippen molar-refractivity contribution in [2.45, 2.75) is 76.4 Å². The SMILES string of the molecule is CN=C(NCCCOC1CCCCC1)NCCN(C)C1CCCC1. The molecule has 2 rings (SSSR count). The molecule has 0 bridgehead atoms. The normalized spacial score (nSPS) is 20.7. The van der Waals surface area contributed by atoms with Crippen molar-refractivity contribution in [1.82, 2.24) is 15.5 Å². The molecule has 0 aromatic carbocycles. The Labute approximate surface area is 148 Å². The zero-order valence-corrected chi connectivity index (χ0v) is 15.9. The second-order valence-corrected chi connectivity index (χ2v) is 7.33. The highest BCUT2D eigenvalue weighted by Crippen LogP contribution is 2.22. The number of rotatable bonds is 9. The van der Waals surface area contributed by atoms with Crippen LogP contribution in [0.25, 0.3) is 0 Å². The van der Waals surface area contributed by atoms with E-state index >= 15 is 0 Å². The summed E-state index contributed by atoms with van der Waals surface area (Å²) in [5.41, 5.74) is 0. The molecule has 0 aromatic rings. The van der Waals surface area contributed by atoms with Gasteiger partial charge in [-0.15, -0.1) is 0 Å². The van der Waals surface area contributed by atoms with Gasteiger partial charge < -0.3 is 20.3 Å². The molecule has 24 heavy (non-hydrogen) atoms. The van der Waals surface area contributed by atoms with Crippen molar-refractivity contribution < 1.29 is 4.74 Å². The first-order valence-corrected chi connectivity index (χ1v) is 10.1. The highest BCUT2D eigenvalue weighted by Gasteiger charge is 2.18. The Balaban J connectivity index is 1.47. The predicted molar refractivity (Wildman–Crippen MR) is 102 cm³/mol. The van der Waals surface area contributed by atoms with E-state index < -0.39 is 0 Å². The number of likely N-dealkylation sites (N-methyl/N-ethyl adjacent to an activating group) is 1. The van der Waals surface area contributed by atoms with Gasteiger partial charge in [-0.05, 0) is 39.2 Å². The lowest BCUT2D eigenvalue weighted by atomic mass is 9.98. The Morgan fingerprint density at radius 1 is 1.00 bits per heavy atom. The van der Waals surface area contributed by atoms with E-state index in [1.165, 1.54) is 57.8 Å². The number of aliphatic imine (C=N–C) groups is 1. The average Bonchev–Trinajstić information content (AvgIpc) is 3.15. The van der Waals surface area contributed by atoms with Crippen LogP contribution < -0.4 is 10.6 Å². The van der Waals surface area contributed by atoms with Crippen LogP contribution in [0.1, 0.15) is 64.2 Å². The van der Waals surface area contributed by atoms with Crippen molar-refractivity contribution in [3.8, 4) is 0 Å². The van der Waals surface area contributed by atoms with Crippen LogP contribution in [0.4, 0.5) is 0 Å². The van der Waals surface area contributed by atoms with Gasteiger partial charge in [0.2, 0.25) is 0 Å². The molecule has 2 aliphatic carbocycles. The smallest absolute Gasteiger partial charge is 0.191 e. The Kier molecular flexibility index (Phi) is 9.51. The van der Waals surface area contributed by atoms with E-state index in [1.807, 2.05) is 7.05 Å². The van der Waals surface area contributed by atoms with Gasteiger partial charge in [0.05, 0.1) is 6.10 Å². The molecule has 0 unspecified atom stereocenters. The van der Waals surface area contributed by atoms with Gasteiger partial charge in [0.15, 0.2) is 5.96 Å². The first kappa shape index (κ1) is 19.5. The molecule has 5 heteroatoms. The monoisotopic (exact) mass is 338 g/mol. The van der Waals surface area contributed by atoms with Crippen molar-refractivity contribution in [1.29, 1.82) is 0 Å². The van der Waals surface area contributed by atoms with Gasteiger partial charge in [-0.3, -0.25) is 4.99 Å². The van der Waals surface area contributed by atoms with E-state index in [9.17, 15) is 0 Å². The molecule has 0 spiro atoms. The zero-order valence-electron chi connectivity index (χ0n) is 15.9. The molecule has 5 nitrogen and oxygen atoms in total. The van der Waals surface area contributed by atoms with Gasteiger partial charge in [-0.25, -0.2) is 0 Å². The fourth-order valence-electron chi connectivity index (χ4n) is 3.86. The largest absolute Gasteiger partial charge is 0.378 e. The number of ether oxygens (including phenoxy) is 1. The van der Waals surface area contributed by atoms with E-state index in [4.69, 9.17) is 4.74 Å². The van der Waals surface area contributed by atoms with Crippen LogP contribution >= 0.6 is 0 Å². The highest BCUT2D eigenvalue weighted by atomic mass is 16.5. The summed E-state index contributed by atoms with van der Waals surface area (Å²) in [5.74, 6) is 0.910. The first-order valence-electron chi connectivity index (χ1n) is 10.1. The van der Waals surface area contributed by atoms with Crippen LogP contribution in [0.2, 0.25) is 0 Å². The van der Waals surface area contributed by atoms with Crippen molar-refractivity contribution in [2.24, 2.45) is 4.99 Å². The molecule has 0 radical (unpaired) electrons. The highest BCUT2D eigenvalue weighted by molar-refractivity contribution is 5.79. The summed E-state index contributed by atoms with van der Waals surface area (Å²) in [6, 6.07) is 0.790. The van der Waals surface area contributed by atoms with E-state index in [2.05, 4.69) is 27.6 Å². The maximum absolute atomic E-state index is 5.96. The molecule has 0 amide bonds. The second kappa shape index (κ2) is 11.7. The fraction of sp³-hybridized carbons (Fsp3) is 0.947. The van der Waals surface area contributed by atoms with Crippen LogP contribution in [-0.2, 0) is 4.74 Å². The summed E-state index contributed by atoms with van der Waals surface area (Å²) < 4.78 is 5.96. The molecule has 0 aliphatic heterocycles. The molecule has 0 atom stereocenters. The number of guanidine groups is 1. The summed E-state index contributed by atoms with van der Waals surface area (Å²) in [7, 11) is 4.09. The molecule has 2 aliphatic rings. The molecule has 140 valence electrons. The topological polar surface area (TPSA) is 48.9 Å².